The Balaban J connectivity index is 1.84. The molecule has 0 aliphatic carbocycles. The van der Waals surface area contributed by atoms with Crippen LogP contribution < -0.4 is 4.74 Å². The Kier molecular flexibility index (Phi) is 3.50. The molecule has 2 aromatic rings. The normalized spacial score (nSPS) is 13.1. The molecule has 0 spiro atoms. The molecular formula is C16H14N2O4. The van der Waals surface area contributed by atoms with Gasteiger partial charge in [0.05, 0.1) is 12.0 Å². The van der Waals surface area contributed by atoms with Gasteiger partial charge in [-0.15, -0.1) is 0 Å². The summed E-state index contributed by atoms with van der Waals surface area (Å²) in [5.74, 6) is 0.452. The lowest BCUT2D eigenvalue weighted by Gasteiger charge is -2.15. The van der Waals surface area contributed by atoms with Gasteiger partial charge < -0.3 is 9.64 Å². The van der Waals surface area contributed by atoms with Crippen LogP contribution in [0.2, 0.25) is 0 Å². The Morgan fingerprint density at radius 2 is 1.95 bits per heavy atom. The van der Waals surface area contributed by atoms with E-state index in [4.69, 9.17) is 4.74 Å². The Labute approximate surface area is 127 Å². The molecule has 2 aromatic carbocycles. The Morgan fingerprint density at radius 3 is 2.59 bits per heavy atom. The summed E-state index contributed by atoms with van der Waals surface area (Å²) in [5.41, 5.74) is 1.73. The molecule has 1 aliphatic heterocycles. The fourth-order valence-electron chi connectivity index (χ4n) is 2.63. The smallest absolute Gasteiger partial charge is 0.282 e. The zero-order valence-electron chi connectivity index (χ0n) is 12.0. The number of methoxy groups -OCH3 is 1. The van der Waals surface area contributed by atoms with Crippen molar-refractivity contribution in [3.63, 3.8) is 0 Å². The van der Waals surface area contributed by atoms with Crippen LogP contribution in [0.3, 0.4) is 0 Å². The number of hydrogen-bond acceptors (Lipinski definition) is 4. The van der Waals surface area contributed by atoms with Gasteiger partial charge >= 0.3 is 0 Å². The summed E-state index contributed by atoms with van der Waals surface area (Å²) in [6.07, 6.45) is 0. The van der Waals surface area contributed by atoms with E-state index in [-0.39, 0.29) is 17.2 Å². The number of carbonyl (C=O) groups is 1. The summed E-state index contributed by atoms with van der Waals surface area (Å²) in [4.78, 5) is 24.6. The highest BCUT2D eigenvalue weighted by molar-refractivity contribution is 6.02. The van der Waals surface area contributed by atoms with E-state index in [0.717, 1.165) is 11.3 Å². The SMILES string of the molecule is COc1ccc(CN2Cc3cccc([N+](=O)[O-])c3C2=O)cc1. The quantitative estimate of drug-likeness (QED) is 0.642. The number of benzene rings is 2. The molecule has 0 N–H and O–H groups in total. The number of nitro groups is 1. The minimum Gasteiger partial charge on any atom is -0.497 e. The first kappa shape index (κ1) is 14.1. The number of amides is 1. The van der Waals surface area contributed by atoms with Crippen LogP contribution >= 0.6 is 0 Å². The van der Waals surface area contributed by atoms with Crippen LogP contribution in [0.4, 0.5) is 5.69 Å². The minimum atomic E-state index is -0.506. The largest absolute Gasteiger partial charge is 0.497 e. The molecule has 6 heteroatoms. The minimum absolute atomic E-state index is 0.125. The van der Waals surface area contributed by atoms with E-state index < -0.39 is 4.92 Å². The van der Waals surface area contributed by atoms with Gasteiger partial charge in [-0.25, -0.2) is 0 Å². The maximum Gasteiger partial charge on any atom is 0.282 e. The van der Waals surface area contributed by atoms with E-state index in [9.17, 15) is 14.9 Å². The second-order valence-corrected chi connectivity index (χ2v) is 5.08. The average Bonchev–Trinajstić information content (AvgIpc) is 2.84. The Hall–Kier alpha value is -2.89. The van der Waals surface area contributed by atoms with Gasteiger partial charge in [-0.3, -0.25) is 14.9 Å². The molecule has 1 amide bonds. The predicted octanol–water partition coefficient (Wildman–Crippen LogP) is 2.76. The highest BCUT2D eigenvalue weighted by Crippen LogP contribution is 2.31. The summed E-state index contributed by atoms with van der Waals surface area (Å²) >= 11 is 0. The zero-order chi connectivity index (χ0) is 15.7. The van der Waals surface area contributed by atoms with Gasteiger partial charge in [0.15, 0.2) is 0 Å². The maximum atomic E-state index is 12.4. The highest BCUT2D eigenvalue weighted by Gasteiger charge is 2.34. The molecule has 22 heavy (non-hydrogen) atoms. The summed E-state index contributed by atoms with van der Waals surface area (Å²) in [5, 5.41) is 11.1. The first-order valence-electron chi connectivity index (χ1n) is 6.78. The number of nitrogens with zero attached hydrogens (tertiary/aromatic N) is 2. The van der Waals surface area contributed by atoms with Gasteiger partial charge in [0.2, 0.25) is 0 Å². The number of carbonyl (C=O) groups excluding carboxylic acids is 1. The van der Waals surface area contributed by atoms with Crippen molar-refractivity contribution in [1.29, 1.82) is 0 Å². The third-order valence-corrected chi connectivity index (χ3v) is 3.72. The summed E-state index contributed by atoms with van der Waals surface area (Å²) in [6.45, 7) is 0.802. The molecule has 3 rings (SSSR count). The Bertz CT molecular complexity index is 740. The van der Waals surface area contributed by atoms with Crippen molar-refractivity contribution >= 4 is 11.6 Å². The van der Waals surface area contributed by atoms with Crippen molar-refractivity contribution in [2.75, 3.05) is 7.11 Å². The molecular weight excluding hydrogens is 284 g/mol. The van der Waals surface area contributed by atoms with E-state index >= 15 is 0 Å². The van der Waals surface area contributed by atoms with Crippen molar-refractivity contribution in [2.45, 2.75) is 13.1 Å². The van der Waals surface area contributed by atoms with Crippen LogP contribution in [0.5, 0.6) is 5.75 Å². The van der Waals surface area contributed by atoms with Gasteiger partial charge in [-0.2, -0.15) is 0 Å². The molecule has 0 fully saturated rings. The van der Waals surface area contributed by atoms with Crippen LogP contribution in [0.25, 0.3) is 0 Å². The van der Waals surface area contributed by atoms with Crippen molar-refractivity contribution in [1.82, 2.24) is 4.90 Å². The number of fused-ring (bicyclic) bond motifs is 1. The van der Waals surface area contributed by atoms with Gasteiger partial charge in [0.25, 0.3) is 11.6 Å². The van der Waals surface area contributed by atoms with Gasteiger partial charge in [-0.05, 0) is 23.3 Å². The fraction of sp³-hybridized carbons (Fsp3) is 0.188. The van der Waals surface area contributed by atoms with E-state index in [0.29, 0.717) is 18.7 Å². The second-order valence-electron chi connectivity index (χ2n) is 5.08. The van der Waals surface area contributed by atoms with Crippen LogP contribution in [-0.2, 0) is 13.1 Å². The molecule has 0 radical (unpaired) electrons. The van der Waals surface area contributed by atoms with Crippen molar-refractivity contribution < 1.29 is 14.5 Å². The number of rotatable bonds is 4. The molecule has 6 nitrogen and oxygen atoms in total. The number of hydrogen-bond donors (Lipinski definition) is 0. The molecule has 1 heterocycles. The first-order chi connectivity index (χ1) is 10.6. The van der Waals surface area contributed by atoms with Gasteiger partial charge in [0.1, 0.15) is 11.3 Å². The monoisotopic (exact) mass is 298 g/mol. The molecule has 0 saturated heterocycles. The third-order valence-electron chi connectivity index (χ3n) is 3.72. The second kappa shape index (κ2) is 5.48. The van der Waals surface area contributed by atoms with Crippen molar-refractivity contribution in [3.8, 4) is 5.75 Å². The van der Waals surface area contributed by atoms with E-state index in [1.807, 2.05) is 24.3 Å². The van der Waals surface area contributed by atoms with Crippen LogP contribution in [-0.4, -0.2) is 22.8 Å². The van der Waals surface area contributed by atoms with Crippen LogP contribution in [0, 0.1) is 10.1 Å². The molecule has 0 aromatic heterocycles. The molecule has 0 atom stereocenters. The van der Waals surface area contributed by atoms with Gasteiger partial charge in [0, 0.05) is 19.2 Å². The van der Waals surface area contributed by atoms with Crippen molar-refractivity contribution in [3.05, 3.63) is 69.3 Å². The summed E-state index contributed by atoms with van der Waals surface area (Å²) < 4.78 is 5.10. The fourth-order valence-corrected chi connectivity index (χ4v) is 2.63. The molecule has 112 valence electrons. The summed E-state index contributed by atoms with van der Waals surface area (Å²) in [6, 6.07) is 12.1. The third kappa shape index (κ3) is 2.39. The maximum absolute atomic E-state index is 12.4. The van der Waals surface area contributed by atoms with Gasteiger partial charge in [-0.1, -0.05) is 24.3 Å². The lowest BCUT2D eigenvalue weighted by atomic mass is 10.1. The molecule has 0 saturated carbocycles. The van der Waals surface area contributed by atoms with Crippen LogP contribution in [0.15, 0.2) is 42.5 Å². The number of nitro benzene ring substituents is 1. The highest BCUT2D eigenvalue weighted by atomic mass is 16.6. The predicted molar refractivity (Wildman–Crippen MR) is 79.7 cm³/mol. The topological polar surface area (TPSA) is 72.7 Å². The Morgan fingerprint density at radius 1 is 1.23 bits per heavy atom. The lowest BCUT2D eigenvalue weighted by molar-refractivity contribution is -0.385. The first-order valence-corrected chi connectivity index (χ1v) is 6.78. The zero-order valence-corrected chi connectivity index (χ0v) is 12.0. The average molecular weight is 298 g/mol. The van der Waals surface area contributed by atoms with E-state index in [2.05, 4.69) is 0 Å². The molecule has 0 unspecified atom stereocenters. The van der Waals surface area contributed by atoms with Crippen LogP contribution in [0.1, 0.15) is 21.5 Å². The lowest BCUT2D eigenvalue weighted by Crippen LogP contribution is -2.23. The van der Waals surface area contributed by atoms with Crippen molar-refractivity contribution in [2.24, 2.45) is 0 Å². The molecule has 1 aliphatic rings. The van der Waals surface area contributed by atoms with E-state index in [1.165, 1.54) is 6.07 Å². The number of ether oxygens (including phenoxy) is 1. The summed E-state index contributed by atoms with van der Waals surface area (Å²) in [7, 11) is 1.59. The van der Waals surface area contributed by atoms with E-state index in [1.54, 1.807) is 24.1 Å². The standard InChI is InChI=1S/C16H14N2O4/c1-22-13-7-5-11(6-8-13)9-17-10-12-3-2-4-14(18(20)21)15(12)16(17)19/h2-8H,9-10H2,1H3. The molecule has 0 bridgehead atoms.